The Balaban J connectivity index is 1.37. The number of fused-ring (bicyclic) bond motifs is 1. The van der Waals surface area contributed by atoms with Gasteiger partial charge in [0.25, 0.3) is 0 Å². The van der Waals surface area contributed by atoms with Crippen LogP contribution in [0.3, 0.4) is 0 Å². The first-order valence-electron chi connectivity index (χ1n) is 10.5. The number of benzene rings is 1. The highest BCUT2D eigenvalue weighted by molar-refractivity contribution is 5.33. The molecule has 0 spiro atoms. The second-order valence-electron chi connectivity index (χ2n) is 7.86. The van der Waals surface area contributed by atoms with E-state index in [1.165, 1.54) is 31.1 Å². The number of likely N-dealkylation sites (N-methyl/N-ethyl adjacent to an activating group) is 1. The Bertz CT molecular complexity index is 939. The van der Waals surface area contributed by atoms with Crippen LogP contribution in [0, 0.1) is 5.82 Å². The minimum atomic E-state index is -0.437. The quantitative estimate of drug-likeness (QED) is 0.630. The highest BCUT2D eigenvalue weighted by Crippen LogP contribution is 2.31. The van der Waals surface area contributed by atoms with Crippen LogP contribution < -0.4 is 4.74 Å². The maximum atomic E-state index is 14.4. The second kappa shape index (κ2) is 8.81. The molecule has 2 saturated heterocycles. The standard InChI is InChI=1S/C23H29FN4O2/c1-4-27-14-19-7-5-6-10-28(19)23(27)11-17(2)29-16-18-8-9-22(21(24)12-18)30-20-13-25-26(3)15-20/h8-9,11-13,15,19H,2,4-7,10,14,16H2,1,3H3/b23-11+. The number of aryl methyl sites for hydroxylation is 1. The molecule has 160 valence electrons. The maximum absolute atomic E-state index is 14.4. The van der Waals surface area contributed by atoms with Crippen LogP contribution in [0.2, 0.25) is 0 Å². The van der Waals surface area contributed by atoms with Crippen molar-refractivity contribution < 1.29 is 13.9 Å². The number of hydrogen-bond acceptors (Lipinski definition) is 5. The molecule has 0 amide bonds. The zero-order valence-electron chi connectivity index (χ0n) is 17.7. The highest BCUT2D eigenvalue weighted by atomic mass is 19.1. The van der Waals surface area contributed by atoms with E-state index in [0.29, 0.717) is 17.6 Å². The maximum Gasteiger partial charge on any atom is 0.166 e. The van der Waals surface area contributed by atoms with E-state index in [2.05, 4.69) is 28.4 Å². The fraction of sp³-hybridized carbons (Fsp3) is 0.435. The molecule has 1 unspecified atom stereocenters. The molecule has 6 nitrogen and oxygen atoms in total. The van der Waals surface area contributed by atoms with Gasteiger partial charge in [-0.25, -0.2) is 4.39 Å². The molecule has 2 aliphatic rings. The van der Waals surface area contributed by atoms with Crippen LogP contribution in [0.25, 0.3) is 0 Å². The molecule has 0 saturated carbocycles. The summed E-state index contributed by atoms with van der Waals surface area (Å²) in [6.07, 6.45) is 9.02. The number of aromatic nitrogens is 2. The monoisotopic (exact) mass is 412 g/mol. The van der Waals surface area contributed by atoms with Crippen LogP contribution >= 0.6 is 0 Å². The molecule has 2 aliphatic heterocycles. The van der Waals surface area contributed by atoms with Gasteiger partial charge in [0.2, 0.25) is 0 Å². The third-order valence-electron chi connectivity index (χ3n) is 5.68. The van der Waals surface area contributed by atoms with Crippen molar-refractivity contribution in [2.45, 2.75) is 38.8 Å². The first-order valence-corrected chi connectivity index (χ1v) is 10.5. The van der Waals surface area contributed by atoms with Crippen LogP contribution in [-0.2, 0) is 18.4 Å². The fourth-order valence-corrected chi connectivity index (χ4v) is 4.14. The molecule has 1 aromatic heterocycles. The molecule has 1 atom stereocenters. The van der Waals surface area contributed by atoms with Crippen LogP contribution in [0.1, 0.15) is 31.7 Å². The summed E-state index contributed by atoms with van der Waals surface area (Å²) in [5, 5.41) is 4.01. The van der Waals surface area contributed by atoms with Gasteiger partial charge in [-0.3, -0.25) is 4.68 Å². The lowest BCUT2D eigenvalue weighted by molar-refractivity contribution is 0.204. The Kier molecular flexibility index (Phi) is 5.97. The molecule has 0 radical (unpaired) electrons. The van der Waals surface area contributed by atoms with E-state index in [9.17, 15) is 4.39 Å². The number of allylic oxidation sites excluding steroid dienone is 1. The SMILES string of the molecule is C=C(/C=C1\N(CC)CC2CCCCN12)OCc1ccc(Oc2cnn(C)c2)c(F)c1. The Morgan fingerprint density at radius 2 is 2.23 bits per heavy atom. The second-order valence-corrected chi connectivity index (χ2v) is 7.86. The molecule has 0 N–H and O–H groups in total. The average molecular weight is 413 g/mol. The Morgan fingerprint density at radius 3 is 2.97 bits per heavy atom. The highest BCUT2D eigenvalue weighted by Gasteiger charge is 2.34. The van der Waals surface area contributed by atoms with Gasteiger partial charge in [0.15, 0.2) is 17.3 Å². The number of halogens is 1. The van der Waals surface area contributed by atoms with Crippen molar-refractivity contribution in [3.05, 3.63) is 66.2 Å². The molecule has 30 heavy (non-hydrogen) atoms. The molecule has 3 heterocycles. The van der Waals surface area contributed by atoms with Crippen molar-refractivity contribution in [3.8, 4) is 11.5 Å². The summed E-state index contributed by atoms with van der Waals surface area (Å²) in [5.41, 5.74) is 0.722. The zero-order chi connectivity index (χ0) is 21.1. The van der Waals surface area contributed by atoms with Crippen molar-refractivity contribution in [1.29, 1.82) is 0 Å². The van der Waals surface area contributed by atoms with Crippen LogP contribution in [0.4, 0.5) is 4.39 Å². The van der Waals surface area contributed by atoms with E-state index in [1.54, 1.807) is 36.3 Å². The summed E-state index contributed by atoms with van der Waals surface area (Å²) in [7, 11) is 1.78. The smallest absolute Gasteiger partial charge is 0.166 e. The van der Waals surface area contributed by atoms with Gasteiger partial charge in [0.1, 0.15) is 18.2 Å². The third kappa shape index (κ3) is 4.45. The fourth-order valence-electron chi connectivity index (χ4n) is 4.14. The van der Waals surface area contributed by atoms with Gasteiger partial charge in [-0.15, -0.1) is 0 Å². The Morgan fingerprint density at radius 1 is 1.37 bits per heavy atom. The van der Waals surface area contributed by atoms with Crippen molar-refractivity contribution in [1.82, 2.24) is 19.6 Å². The molecule has 7 heteroatoms. The van der Waals surface area contributed by atoms with Gasteiger partial charge in [0.05, 0.1) is 12.4 Å². The van der Waals surface area contributed by atoms with Crippen molar-refractivity contribution >= 4 is 0 Å². The first-order chi connectivity index (χ1) is 14.5. The van der Waals surface area contributed by atoms with Crippen molar-refractivity contribution in [2.24, 2.45) is 7.05 Å². The van der Waals surface area contributed by atoms with E-state index < -0.39 is 5.82 Å². The van der Waals surface area contributed by atoms with Gasteiger partial charge in [-0.05, 0) is 43.9 Å². The van der Waals surface area contributed by atoms with Crippen LogP contribution in [0.15, 0.2) is 54.8 Å². The molecule has 2 aromatic rings. The Labute approximate surface area is 177 Å². The van der Waals surface area contributed by atoms with Gasteiger partial charge >= 0.3 is 0 Å². The summed E-state index contributed by atoms with van der Waals surface area (Å²) < 4.78 is 27.4. The van der Waals surface area contributed by atoms with Gasteiger partial charge in [-0.2, -0.15) is 5.10 Å². The van der Waals surface area contributed by atoms with Gasteiger partial charge < -0.3 is 19.3 Å². The molecule has 0 aliphatic carbocycles. The lowest BCUT2D eigenvalue weighted by atomic mass is 10.0. The summed E-state index contributed by atoms with van der Waals surface area (Å²) in [4.78, 5) is 4.86. The van der Waals surface area contributed by atoms with Gasteiger partial charge in [0, 0.05) is 38.8 Å². The van der Waals surface area contributed by atoms with Crippen molar-refractivity contribution in [2.75, 3.05) is 19.6 Å². The zero-order valence-corrected chi connectivity index (χ0v) is 17.7. The van der Waals surface area contributed by atoms with E-state index >= 15 is 0 Å². The predicted octanol–water partition coefficient (Wildman–Crippen LogP) is 4.41. The van der Waals surface area contributed by atoms with Crippen LogP contribution in [-0.4, -0.2) is 45.3 Å². The van der Waals surface area contributed by atoms with Crippen LogP contribution in [0.5, 0.6) is 11.5 Å². The Hall–Kier alpha value is -2.96. The van der Waals surface area contributed by atoms with E-state index in [4.69, 9.17) is 9.47 Å². The van der Waals surface area contributed by atoms with Gasteiger partial charge in [-0.1, -0.05) is 12.6 Å². The number of ether oxygens (including phenoxy) is 2. The average Bonchev–Trinajstić information content (AvgIpc) is 3.31. The lowest BCUT2D eigenvalue weighted by Crippen LogP contribution is -2.34. The summed E-state index contributed by atoms with van der Waals surface area (Å²) >= 11 is 0. The molecular weight excluding hydrogens is 383 g/mol. The molecule has 4 rings (SSSR count). The van der Waals surface area contributed by atoms with E-state index in [1.807, 2.05) is 6.08 Å². The summed E-state index contributed by atoms with van der Waals surface area (Å²) in [6, 6.07) is 5.43. The lowest BCUT2D eigenvalue weighted by Gasteiger charge is -2.31. The number of nitrogens with zero attached hydrogens (tertiary/aromatic N) is 4. The number of hydrogen-bond donors (Lipinski definition) is 0. The van der Waals surface area contributed by atoms with Crippen molar-refractivity contribution in [3.63, 3.8) is 0 Å². The molecule has 0 bridgehead atoms. The summed E-state index contributed by atoms with van der Waals surface area (Å²) in [5.74, 6) is 2.00. The number of piperidine rings is 1. The minimum Gasteiger partial charge on any atom is -0.489 e. The minimum absolute atomic E-state index is 0.161. The predicted molar refractivity (Wildman–Crippen MR) is 113 cm³/mol. The largest absolute Gasteiger partial charge is 0.489 e. The topological polar surface area (TPSA) is 42.8 Å². The third-order valence-corrected chi connectivity index (χ3v) is 5.68. The van der Waals surface area contributed by atoms with E-state index in [-0.39, 0.29) is 12.4 Å². The van der Waals surface area contributed by atoms with E-state index in [0.717, 1.165) is 25.2 Å². The molecular formula is C23H29FN4O2. The first kappa shape index (κ1) is 20.3. The normalized spacial score (nSPS) is 19.8. The molecule has 1 aromatic carbocycles. The number of rotatable bonds is 7. The molecule has 2 fully saturated rings. The summed E-state index contributed by atoms with van der Waals surface area (Å²) in [6.45, 7) is 9.61.